The normalized spacial score (nSPS) is 10.9. The van der Waals surface area contributed by atoms with Gasteiger partial charge in [-0.25, -0.2) is 4.79 Å². The van der Waals surface area contributed by atoms with Crippen molar-refractivity contribution < 1.29 is 14.3 Å². The Morgan fingerprint density at radius 3 is 2.57 bits per heavy atom. The molecule has 0 aromatic heterocycles. The third-order valence-electron chi connectivity index (χ3n) is 3.16. The summed E-state index contributed by atoms with van der Waals surface area (Å²) in [7, 11) is 1.60. The number of nitrogens with two attached hydrogens (primary N) is 1. The van der Waals surface area contributed by atoms with Crippen molar-refractivity contribution in [1.82, 2.24) is 5.32 Å². The van der Waals surface area contributed by atoms with Gasteiger partial charge < -0.3 is 21.1 Å². The molecule has 6 heteroatoms. The molecule has 0 unspecified atom stereocenters. The Hall–Kier alpha value is -2.24. The highest BCUT2D eigenvalue weighted by molar-refractivity contribution is 5.98. The van der Waals surface area contributed by atoms with E-state index in [1.54, 1.807) is 32.2 Å². The van der Waals surface area contributed by atoms with Crippen molar-refractivity contribution in [3.63, 3.8) is 0 Å². The van der Waals surface area contributed by atoms with Crippen molar-refractivity contribution in [2.45, 2.75) is 20.8 Å². The number of nitrogens with one attached hydrogen (secondary N) is 2. The second-order valence-electron chi connectivity index (χ2n) is 5.30. The number of ether oxygens (including phenoxy) is 1. The molecule has 0 fully saturated rings. The van der Waals surface area contributed by atoms with Crippen molar-refractivity contribution in [3.05, 3.63) is 23.8 Å². The summed E-state index contributed by atoms with van der Waals surface area (Å²) in [6.07, 6.45) is 0. The van der Waals surface area contributed by atoms with Crippen LogP contribution in [0.25, 0.3) is 0 Å². The van der Waals surface area contributed by atoms with Crippen LogP contribution in [0.1, 0.15) is 31.1 Å². The fourth-order valence-electron chi connectivity index (χ4n) is 1.84. The van der Waals surface area contributed by atoms with E-state index >= 15 is 0 Å². The van der Waals surface area contributed by atoms with Gasteiger partial charge in [0.25, 0.3) is 0 Å². The van der Waals surface area contributed by atoms with Gasteiger partial charge in [-0.15, -0.1) is 0 Å². The topological polar surface area (TPSA) is 93.4 Å². The van der Waals surface area contributed by atoms with Crippen LogP contribution in [-0.2, 0) is 9.53 Å². The average Bonchev–Trinajstić information content (AvgIpc) is 2.45. The van der Waals surface area contributed by atoms with Gasteiger partial charge in [0, 0.05) is 13.6 Å². The van der Waals surface area contributed by atoms with E-state index in [1.165, 1.54) is 0 Å². The molecule has 0 saturated heterocycles. The average molecular weight is 293 g/mol. The standard InChI is InChI=1S/C15H23N3O3/c1-5-21-13(19)10-7-6-8-11(12(10)16)18-9-15(2,3)14(20)17-4/h6-8,18H,5,9,16H2,1-4H3,(H,17,20). The van der Waals surface area contributed by atoms with Crippen LogP contribution in [-0.4, -0.2) is 32.1 Å². The molecular formula is C15H23N3O3. The molecule has 0 radical (unpaired) electrons. The molecule has 0 aliphatic rings. The number of carbonyl (C=O) groups is 2. The molecule has 0 heterocycles. The van der Waals surface area contributed by atoms with Crippen molar-refractivity contribution in [2.24, 2.45) is 5.41 Å². The van der Waals surface area contributed by atoms with E-state index in [4.69, 9.17) is 10.5 Å². The minimum Gasteiger partial charge on any atom is -0.462 e. The van der Waals surface area contributed by atoms with Crippen LogP contribution >= 0.6 is 0 Å². The molecule has 0 atom stereocenters. The van der Waals surface area contributed by atoms with Gasteiger partial charge in [-0.1, -0.05) is 6.07 Å². The summed E-state index contributed by atoms with van der Waals surface area (Å²) in [5.41, 5.74) is 6.64. The van der Waals surface area contributed by atoms with E-state index < -0.39 is 11.4 Å². The summed E-state index contributed by atoms with van der Waals surface area (Å²) in [5, 5.41) is 5.73. The molecule has 21 heavy (non-hydrogen) atoms. The number of amides is 1. The summed E-state index contributed by atoms with van der Waals surface area (Å²) in [4.78, 5) is 23.5. The monoisotopic (exact) mass is 293 g/mol. The summed E-state index contributed by atoms with van der Waals surface area (Å²) in [6, 6.07) is 5.10. The highest BCUT2D eigenvalue weighted by Gasteiger charge is 2.26. The molecule has 1 amide bonds. The van der Waals surface area contributed by atoms with Crippen LogP contribution in [0.4, 0.5) is 11.4 Å². The fraction of sp³-hybridized carbons (Fsp3) is 0.467. The number of hydrogen-bond donors (Lipinski definition) is 3. The summed E-state index contributed by atoms with van der Waals surface area (Å²) in [5.74, 6) is -0.528. The molecule has 6 nitrogen and oxygen atoms in total. The third-order valence-corrected chi connectivity index (χ3v) is 3.16. The Morgan fingerprint density at radius 2 is 2.00 bits per heavy atom. The lowest BCUT2D eigenvalue weighted by atomic mass is 9.92. The Kier molecular flexibility index (Phi) is 5.58. The Balaban J connectivity index is 2.88. The van der Waals surface area contributed by atoms with E-state index in [2.05, 4.69) is 10.6 Å². The lowest BCUT2D eigenvalue weighted by Crippen LogP contribution is -2.39. The van der Waals surface area contributed by atoms with E-state index in [-0.39, 0.29) is 5.91 Å². The molecule has 1 rings (SSSR count). The number of benzene rings is 1. The molecular weight excluding hydrogens is 270 g/mol. The Labute approximate surface area is 125 Å². The predicted octanol–water partition coefficient (Wildman–Crippen LogP) is 1.63. The first-order chi connectivity index (χ1) is 9.83. The van der Waals surface area contributed by atoms with Gasteiger partial charge in [-0.05, 0) is 32.9 Å². The van der Waals surface area contributed by atoms with Crippen LogP contribution in [0.15, 0.2) is 18.2 Å². The molecule has 0 bridgehead atoms. The summed E-state index contributed by atoms with van der Waals surface area (Å²) < 4.78 is 4.95. The first-order valence-electron chi connectivity index (χ1n) is 6.85. The van der Waals surface area contributed by atoms with Crippen molar-refractivity contribution in [1.29, 1.82) is 0 Å². The second-order valence-corrected chi connectivity index (χ2v) is 5.30. The zero-order valence-electron chi connectivity index (χ0n) is 12.9. The zero-order chi connectivity index (χ0) is 16.0. The van der Waals surface area contributed by atoms with Crippen molar-refractivity contribution >= 4 is 23.3 Å². The van der Waals surface area contributed by atoms with E-state index in [9.17, 15) is 9.59 Å². The minimum atomic E-state index is -0.596. The largest absolute Gasteiger partial charge is 0.462 e. The molecule has 1 aromatic carbocycles. The molecule has 1 aromatic rings. The van der Waals surface area contributed by atoms with Crippen LogP contribution < -0.4 is 16.4 Å². The van der Waals surface area contributed by atoms with Gasteiger partial charge in [0.05, 0.1) is 29.0 Å². The minimum absolute atomic E-state index is 0.0740. The van der Waals surface area contributed by atoms with Crippen LogP contribution in [0.3, 0.4) is 0 Å². The fourth-order valence-corrected chi connectivity index (χ4v) is 1.84. The van der Waals surface area contributed by atoms with Crippen molar-refractivity contribution in [3.8, 4) is 0 Å². The maximum Gasteiger partial charge on any atom is 0.340 e. The first kappa shape index (κ1) is 16.8. The van der Waals surface area contributed by atoms with Gasteiger partial charge >= 0.3 is 5.97 Å². The molecule has 0 spiro atoms. The van der Waals surface area contributed by atoms with Crippen LogP contribution in [0, 0.1) is 5.41 Å². The van der Waals surface area contributed by atoms with Crippen LogP contribution in [0.5, 0.6) is 0 Å². The number of hydrogen-bond acceptors (Lipinski definition) is 5. The van der Waals surface area contributed by atoms with Crippen molar-refractivity contribution in [2.75, 3.05) is 31.2 Å². The van der Waals surface area contributed by atoms with Gasteiger partial charge in [-0.2, -0.15) is 0 Å². The maximum absolute atomic E-state index is 11.8. The molecule has 0 aliphatic carbocycles. The Bertz CT molecular complexity index is 527. The molecule has 0 aliphatic heterocycles. The second kappa shape index (κ2) is 6.97. The highest BCUT2D eigenvalue weighted by Crippen LogP contribution is 2.25. The quantitative estimate of drug-likeness (QED) is 0.547. The molecule has 116 valence electrons. The smallest absolute Gasteiger partial charge is 0.340 e. The predicted molar refractivity (Wildman–Crippen MR) is 83.1 cm³/mol. The SMILES string of the molecule is CCOC(=O)c1cccc(NCC(C)(C)C(=O)NC)c1N. The third kappa shape index (κ3) is 4.11. The molecule has 4 N–H and O–H groups in total. The number of rotatable bonds is 6. The number of nitrogen functional groups attached to an aromatic ring is 1. The molecule has 0 saturated carbocycles. The van der Waals surface area contributed by atoms with Crippen LogP contribution in [0.2, 0.25) is 0 Å². The lowest BCUT2D eigenvalue weighted by Gasteiger charge is -2.24. The van der Waals surface area contributed by atoms with E-state index in [1.807, 2.05) is 13.8 Å². The zero-order valence-corrected chi connectivity index (χ0v) is 12.9. The van der Waals surface area contributed by atoms with E-state index in [0.717, 1.165) is 0 Å². The first-order valence-corrected chi connectivity index (χ1v) is 6.85. The number of anilines is 2. The maximum atomic E-state index is 11.8. The van der Waals surface area contributed by atoms with Gasteiger partial charge in [0.2, 0.25) is 5.91 Å². The Morgan fingerprint density at radius 1 is 1.33 bits per heavy atom. The van der Waals surface area contributed by atoms with Gasteiger partial charge in [0.1, 0.15) is 0 Å². The van der Waals surface area contributed by atoms with E-state index in [0.29, 0.717) is 30.1 Å². The highest BCUT2D eigenvalue weighted by atomic mass is 16.5. The van der Waals surface area contributed by atoms with Gasteiger partial charge in [-0.3, -0.25) is 4.79 Å². The van der Waals surface area contributed by atoms with Gasteiger partial charge in [0.15, 0.2) is 0 Å². The summed E-state index contributed by atoms with van der Waals surface area (Å²) in [6.45, 7) is 6.07. The summed E-state index contributed by atoms with van der Waals surface area (Å²) >= 11 is 0. The number of para-hydroxylation sites is 1. The number of carbonyl (C=O) groups excluding carboxylic acids is 2. The lowest BCUT2D eigenvalue weighted by molar-refractivity contribution is -0.128. The number of esters is 1.